The van der Waals surface area contributed by atoms with Crippen LogP contribution in [-0.2, 0) is 16.6 Å². The van der Waals surface area contributed by atoms with Gasteiger partial charge in [-0.1, -0.05) is 0 Å². The molecule has 0 bridgehead atoms. The number of aromatic amines is 1. The molecule has 0 unspecified atom stereocenters. The fourth-order valence-electron chi connectivity index (χ4n) is 4.31. The topological polar surface area (TPSA) is 101 Å². The van der Waals surface area contributed by atoms with Gasteiger partial charge in [-0.15, -0.1) is 0 Å². The molecule has 1 aliphatic heterocycles. The van der Waals surface area contributed by atoms with Crippen molar-refractivity contribution in [1.29, 1.82) is 0 Å². The van der Waals surface area contributed by atoms with Gasteiger partial charge in [0.25, 0.3) is 0 Å². The van der Waals surface area contributed by atoms with Crippen LogP contribution in [0.5, 0.6) is 5.75 Å². The molecule has 170 valence electrons. The summed E-state index contributed by atoms with van der Waals surface area (Å²) in [5, 5.41) is 8.09. The summed E-state index contributed by atoms with van der Waals surface area (Å²) in [7, 11) is 3.36. The van der Waals surface area contributed by atoms with Gasteiger partial charge in [-0.2, -0.15) is 5.10 Å². The van der Waals surface area contributed by atoms with Crippen molar-refractivity contribution in [3.8, 4) is 5.75 Å². The van der Waals surface area contributed by atoms with Crippen molar-refractivity contribution in [3.05, 3.63) is 41.7 Å². The van der Waals surface area contributed by atoms with Crippen molar-refractivity contribution in [2.45, 2.75) is 25.7 Å². The summed E-state index contributed by atoms with van der Waals surface area (Å²) >= 11 is 0. The van der Waals surface area contributed by atoms with Crippen LogP contribution >= 0.6 is 0 Å². The molecule has 1 saturated heterocycles. The van der Waals surface area contributed by atoms with Crippen LogP contribution in [-0.4, -0.2) is 64.9 Å². The van der Waals surface area contributed by atoms with Crippen LogP contribution in [0.4, 0.5) is 5.82 Å². The Morgan fingerprint density at radius 3 is 2.78 bits per heavy atom. The number of carbonyl (C=O) groups excluding carboxylic acids is 2. The molecule has 0 spiro atoms. The molecule has 0 atom stereocenters. The molecule has 3 aromatic rings. The molecule has 3 heterocycles. The maximum absolute atomic E-state index is 12.7. The lowest BCUT2D eigenvalue weighted by Gasteiger charge is -2.31. The molecule has 2 aromatic heterocycles. The van der Waals surface area contributed by atoms with Crippen molar-refractivity contribution in [2.24, 2.45) is 7.05 Å². The van der Waals surface area contributed by atoms with Gasteiger partial charge >= 0.3 is 5.97 Å². The number of amides is 1. The monoisotopic (exact) mass is 439 g/mol. The lowest BCUT2D eigenvalue weighted by molar-refractivity contribution is -0.117. The standard InChI is InChI=1S/C23H29N5O4/c1-4-32-23(30)19-13-25-27(2)22(19)26-21(29)14-28-9-7-15(8-10-28)18-12-24-20-6-5-16(31-3)11-17(18)20/h5-6,11-13,15,24H,4,7-10,14H2,1-3H3,(H,26,29). The Bertz CT molecular complexity index is 1110. The first kappa shape index (κ1) is 21.9. The van der Waals surface area contributed by atoms with Gasteiger partial charge in [-0.3, -0.25) is 14.4 Å². The number of methoxy groups -OCH3 is 1. The zero-order valence-electron chi connectivity index (χ0n) is 18.7. The third kappa shape index (κ3) is 4.47. The van der Waals surface area contributed by atoms with E-state index in [9.17, 15) is 9.59 Å². The highest BCUT2D eigenvalue weighted by Gasteiger charge is 2.25. The average molecular weight is 440 g/mol. The van der Waals surface area contributed by atoms with E-state index in [0.717, 1.165) is 37.2 Å². The fraction of sp³-hybridized carbons (Fsp3) is 0.435. The SMILES string of the molecule is CCOC(=O)c1cnn(C)c1NC(=O)CN1CCC(c2c[nH]c3ccc(OC)cc23)CC1. The molecule has 32 heavy (non-hydrogen) atoms. The van der Waals surface area contributed by atoms with E-state index in [2.05, 4.69) is 32.6 Å². The quantitative estimate of drug-likeness (QED) is 0.549. The largest absolute Gasteiger partial charge is 0.497 e. The van der Waals surface area contributed by atoms with Gasteiger partial charge in [0.15, 0.2) is 0 Å². The van der Waals surface area contributed by atoms with E-state index < -0.39 is 5.97 Å². The third-order valence-electron chi connectivity index (χ3n) is 6.01. The van der Waals surface area contributed by atoms with E-state index in [-0.39, 0.29) is 24.6 Å². The number of hydrogen-bond donors (Lipinski definition) is 2. The minimum atomic E-state index is -0.493. The summed E-state index contributed by atoms with van der Waals surface area (Å²) in [5.74, 6) is 0.977. The van der Waals surface area contributed by atoms with E-state index in [1.54, 1.807) is 21.1 Å². The van der Waals surface area contributed by atoms with Crippen LogP contribution < -0.4 is 10.1 Å². The minimum Gasteiger partial charge on any atom is -0.497 e. The van der Waals surface area contributed by atoms with Crippen molar-refractivity contribution < 1.29 is 19.1 Å². The molecule has 1 amide bonds. The number of rotatable bonds is 7. The molecule has 0 saturated carbocycles. The van der Waals surface area contributed by atoms with Crippen molar-refractivity contribution in [3.63, 3.8) is 0 Å². The van der Waals surface area contributed by atoms with E-state index >= 15 is 0 Å². The van der Waals surface area contributed by atoms with Gasteiger partial charge in [0.05, 0.1) is 26.5 Å². The minimum absolute atomic E-state index is 0.172. The summed E-state index contributed by atoms with van der Waals surface area (Å²) in [6, 6.07) is 6.08. The van der Waals surface area contributed by atoms with Crippen LogP contribution in [0.1, 0.15) is 41.6 Å². The predicted octanol–water partition coefficient (Wildman–Crippen LogP) is 2.90. The first-order valence-electron chi connectivity index (χ1n) is 10.9. The van der Waals surface area contributed by atoms with Crippen LogP contribution in [0, 0.1) is 0 Å². The number of esters is 1. The van der Waals surface area contributed by atoms with E-state index in [1.807, 2.05) is 12.1 Å². The zero-order chi connectivity index (χ0) is 22.7. The number of ether oxygens (including phenoxy) is 2. The number of hydrogen-bond acceptors (Lipinski definition) is 6. The van der Waals surface area contributed by atoms with Crippen LogP contribution in [0.15, 0.2) is 30.6 Å². The van der Waals surface area contributed by atoms with Gasteiger partial charge in [-0.25, -0.2) is 4.79 Å². The number of nitrogens with one attached hydrogen (secondary N) is 2. The number of benzene rings is 1. The smallest absolute Gasteiger partial charge is 0.343 e. The Morgan fingerprint density at radius 1 is 1.28 bits per heavy atom. The van der Waals surface area contributed by atoms with Crippen molar-refractivity contribution in [2.75, 3.05) is 38.7 Å². The number of aromatic nitrogens is 3. The third-order valence-corrected chi connectivity index (χ3v) is 6.01. The van der Waals surface area contributed by atoms with E-state index in [4.69, 9.17) is 9.47 Å². The molecule has 1 aromatic carbocycles. The maximum atomic E-state index is 12.7. The number of carbonyl (C=O) groups is 2. The second-order valence-electron chi connectivity index (χ2n) is 8.01. The lowest BCUT2D eigenvalue weighted by atomic mass is 9.89. The second-order valence-corrected chi connectivity index (χ2v) is 8.01. The fourth-order valence-corrected chi connectivity index (χ4v) is 4.31. The molecule has 9 heteroatoms. The van der Waals surface area contributed by atoms with Gasteiger partial charge in [0.2, 0.25) is 5.91 Å². The molecule has 4 rings (SSSR count). The Balaban J connectivity index is 1.35. The normalized spacial score (nSPS) is 15.1. The number of aryl methyl sites for hydroxylation is 1. The van der Waals surface area contributed by atoms with Crippen LogP contribution in [0.25, 0.3) is 10.9 Å². The molecule has 1 aliphatic rings. The molecule has 0 radical (unpaired) electrons. The van der Waals surface area contributed by atoms with Gasteiger partial charge in [0, 0.05) is 24.1 Å². The lowest BCUT2D eigenvalue weighted by Crippen LogP contribution is -2.39. The maximum Gasteiger partial charge on any atom is 0.343 e. The Morgan fingerprint density at radius 2 is 2.06 bits per heavy atom. The number of H-pyrrole nitrogens is 1. The summed E-state index contributed by atoms with van der Waals surface area (Å²) in [6.45, 7) is 3.92. The molecule has 0 aliphatic carbocycles. The molecular formula is C23H29N5O4. The van der Waals surface area contributed by atoms with Crippen molar-refractivity contribution >= 4 is 28.6 Å². The van der Waals surface area contributed by atoms with Gasteiger partial charge in [0.1, 0.15) is 17.1 Å². The number of nitrogens with zero attached hydrogens (tertiary/aromatic N) is 3. The number of fused-ring (bicyclic) bond motifs is 1. The van der Waals surface area contributed by atoms with Gasteiger partial charge < -0.3 is 19.8 Å². The van der Waals surface area contributed by atoms with E-state index in [1.165, 1.54) is 21.8 Å². The average Bonchev–Trinajstić information content (AvgIpc) is 3.37. The number of anilines is 1. The Hall–Kier alpha value is -3.33. The number of piperidine rings is 1. The van der Waals surface area contributed by atoms with Gasteiger partial charge in [-0.05, 0) is 62.5 Å². The molecular weight excluding hydrogens is 410 g/mol. The van der Waals surface area contributed by atoms with E-state index in [0.29, 0.717) is 11.7 Å². The first-order valence-corrected chi connectivity index (χ1v) is 10.9. The number of likely N-dealkylation sites (tertiary alicyclic amines) is 1. The van der Waals surface area contributed by atoms with Crippen molar-refractivity contribution in [1.82, 2.24) is 19.7 Å². The molecule has 9 nitrogen and oxygen atoms in total. The molecule has 1 fully saturated rings. The predicted molar refractivity (Wildman–Crippen MR) is 121 cm³/mol. The zero-order valence-corrected chi connectivity index (χ0v) is 18.7. The summed E-state index contributed by atoms with van der Waals surface area (Å²) in [4.78, 5) is 30.2. The highest BCUT2D eigenvalue weighted by Crippen LogP contribution is 2.34. The second kappa shape index (κ2) is 9.44. The summed E-state index contributed by atoms with van der Waals surface area (Å²) in [5.41, 5.74) is 2.67. The first-order chi connectivity index (χ1) is 15.5. The Kier molecular flexibility index (Phi) is 6.45. The van der Waals surface area contributed by atoms with Crippen LogP contribution in [0.2, 0.25) is 0 Å². The molecule has 2 N–H and O–H groups in total. The van der Waals surface area contributed by atoms with Crippen LogP contribution in [0.3, 0.4) is 0 Å². The highest BCUT2D eigenvalue weighted by molar-refractivity contribution is 6.00. The highest BCUT2D eigenvalue weighted by atomic mass is 16.5. The summed E-state index contributed by atoms with van der Waals surface area (Å²) in [6.07, 6.45) is 5.44. The summed E-state index contributed by atoms with van der Waals surface area (Å²) < 4.78 is 11.9. The Labute approximate surface area is 186 Å².